The topological polar surface area (TPSA) is 84.4 Å². The minimum atomic E-state index is -0.410. The van der Waals surface area contributed by atoms with Gasteiger partial charge in [0.05, 0.1) is 16.7 Å². The van der Waals surface area contributed by atoms with Gasteiger partial charge >= 0.3 is 0 Å². The fourth-order valence-corrected chi connectivity index (χ4v) is 2.41. The van der Waals surface area contributed by atoms with E-state index in [0.717, 1.165) is 23.4 Å². The van der Waals surface area contributed by atoms with Crippen LogP contribution in [-0.2, 0) is 13.6 Å². The first-order valence-corrected chi connectivity index (χ1v) is 7.50. The van der Waals surface area contributed by atoms with Crippen LogP contribution in [0.4, 0.5) is 5.69 Å². The standard InChI is InChI=1S/C16H22N4O3/c1-12(21)8-9-18(2)10-14-11-19(3)17-16(14)13-4-6-15(7-5-13)20(22)23/h4-7,11-12,21H,8-10H2,1-3H3. The lowest BCUT2D eigenvalue weighted by atomic mass is 10.1. The van der Waals surface area contributed by atoms with E-state index in [0.29, 0.717) is 13.0 Å². The molecular weight excluding hydrogens is 296 g/mol. The summed E-state index contributed by atoms with van der Waals surface area (Å²) in [6, 6.07) is 6.43. The van der Waals surface area contributed by atoms with E-state index < -0.39 is 4.92 Å². The molecule has 0 aliphatic carbocycles. The van der Waals surface area contributed by atoms with Crippen molar-refractivity contribution in [2.24, 2.45) is 7.05 Å². The van der Waals surface area contributed by atoms with Crippen LogP contribution in [0, 0.1) is 10.1 Å². The van der Waals surface area contributed by atoms with Crippen molar-refractivity contribution in [3.63, 3.8) is 0 Å². The Morgan fingerprint density at radius 3 is 2.61 bits per heavy atom. The van der Waals surface area contributed by atoms with Gasteiger partial charge in [0.2, 0.25) is 0 Å². The van der Waals surface area contributed by atoms with Crippen LogP contribution >= 0.6 is 0 Å². The number of hydrogen-bond acceptors (Lipinski definition) is 5. The number of benzene rings is 1. The van der Waals surface area contributed by atoms with Crippen molar-refractivity contribution in [2.75, 3.05) is 13.6 Å². The molecule has 0 spiro atoms. The minimum Gasteiger partial charge on any atom is -0.393 e. The maximum Gasteiger partial charge on any atom is 0.269 e. The highest BCUT2D eigenvalue weighted by Gasteiger charge is 2.14. The van der Waals surface area contributed by atoms with Crippen molar-refractivity contribution >= 4 is 5.69 Å². The molecule has 7 heteroatoms. The van der Waals surface area contributed by atoms with Gasteiger partial charge in [0.15, 0.2) is 0 Å². The average Bonchev–Trinajstić information content (AvgIpc) is 2.85. The van der Waals surface area contributed by atoms with Gasteiger partial charge in [-0.3, -0.25) is 14.8 Å². The largest absolute Gasteiger partial charge is 0.393 e. The molecule has 0 amide bonds. The Hall–Kier alpha value is -2.25. The smallest absolute Gasteiger partial charge is 0.269 e. The number of nitrogens with zero attached hydrogens (tertiary/aromatic N) is 4. The molecule has 0 saturated heterocycles. The summed E-state index contributed by atoms with van der Waals surface area (Å²) in [4.78, 5) is 12.5. The van der Waals surface area contributed by atoms with E-state index in [-0.39, 0.29) is 11.8 Å². The molecule has 1 heterocycles. The Morgan fingerprint density at radius 2 is 2.04 bits per heavy atom. The second kappa shape index (κ2) is 7.34. The molecule has 1 atom stereocenters. The van der Waals surface area contributed by atoms with Crippen LogP contribution < -0.4 is 0 Å². The molecule has 1 aromatic heterocycles. The van der Waals surface area contributed by atoms with Crippen molar-refractivity contribution < 1.29 is 10.0 Å². The van der Waals surface area contributed by atoms with Crippen molar-refractivity contribution in [2.45, 2.75) is 26.0 Å². The van der Waals surface area contributed by atoms with Gasteiger partial charge in [0, 0.05) is 49.6 Å². The normalized spacial score (nSPS) is 12.6. The molecule has 1 unspecified atom stereocenters. The van der Waals surface area contributed by atoms with Crippen LogP contribution in [0.5, 0.6) is 0 Å². The van der Waals surface area contributed by atoms with Crippen LogP contribution in [0.2, 0.25) is 0 Å². The first kappa shape index (κ1) is 17.1. The third-order valence-electron chi connectivity index (χ3n) is 3.62. The summed E-state index contributed by atoms with van der Waals surface area (Å²) in [7, 11) is 3.85. The van der Waals surface area contributed by atoms with E-state index >= 15 is 0 Å². The molecule has 124 valence electrons. The highest BCUT2D eigenvalue weighted by molar-refractivity contribution is 5.64. The van der Waals surface area contributed by atoms with E-state index in [1.54, 1.807) is 23.7 Å². The SMILES string of the molecule is CC(O)CCN(C)Cc1cn(C)nc1-c1ccc([N+](=O)[O-])cc1. The molecule has 23 heavy (non-hydrogen) atoms. The van der Waals surface area contributed by atoms with Crippen LogP contribution in [0.3, 0.4) is 0 Å². The molecule has 0 aliphatic heterocycles. The Kier molecular flexibility index (Phi) is 5.46. The third-order valence-corrected chi connectivity index (χ3v) is 3.62. The van der Waals surface area contributed by atoms with E-state index in [1.165, 1.54) is 12.1 Å². The lowest BCUT2D eigenvalue weighted by molar-refractivity contribution is -0.384. The average molecular weight is 318 g/mol. The van der Waals surface area contributed by atoms with Gasteiger partial charge in [-0.15, -0.1) is 0 Å². The fourth-order valence-electron chi connectivity index (χ4n) is 2.41. The van der Waals surface area contributed by atoms with E-state index in [2.05, 4.69) is 10.00 Å². The Bertz CT molecular complexity index is 664. The summed E-state index contributed by atoms with van der Waals surface area (Å²) >= 11 is 0. The number of aromatic nitrogens is 2. The zero-order valence-corrected chi connectivity index (χ0v) is 13.6. The number of hydrogen-bond donors (Lipinski definition) is 1. The fraction of sp³-hybridized carbons (Fsp3) is 0.438. The number of non-ortho nitro benzene ring substituents is 1. The van der Waals surface area contributed by atoms with Gasteiger partial charge in [-0.1, -0.05) is 0 Å². The molecule has 1 N–H and O–H groups in total. The Balaban J connectivity index is 2.18. The molecular formula is C16H22N4O3. The molecule has 2 aromatic rings. The van der Waals surface area contributed by atoms with E-state index in [4.69, 9.17) is 0 Å². The van der Waals surface area contributed by atoms with Crippen LogP contribution in [0.1, 0.15) is 18.9 Å². The molecule has 0 saturated carbocycles. The summed E-state index contributed by atoms with van der Waals surface area (Å²) in [5.41, 5.74) is 2.80. The number of nitro groups is 1. The number of nitro benzene ring substituents is 1. The van der Waals surface area contributed by atoms with Crippen molar-refractivity contribution in [1.29, 1.82) is 0 Å². The van der Waals surface area contributed by atoms with E-state index in [1.807, 2.05) is 20.3 Å². The van der Waals surface area contributed by atoms with Crippen molar-refractivity contribution in [3.05, 3.63) is 46.1 Å². The van der Waals surface area contributed by atoms with E-state index in [9.17, 15) is 15.2 Å². The quantitative estimate of drug-likeness (QED) is 0.625. The molecule has 0 radical (unpaired) electrons. The summed E-state index contributed by atoms with van der Waals surface area (Å²) in [6.07, 6.45) is 2.35. The lowest BCUT2D eigenvalue weighted by Crippen LogP contribution is -2.22. The molecule has 2 rings (SSSR count). The van der Waals surface area contributed by atoms with Gasteiger partial charge in [0.1, 0.15) is 0 Å². The second-order valence-corrected chi connectivity index (χ2v) is 5.86. The number of aliphatic hydroxyl groups excluding tert-OH is 1. The number of aliphatic hydroxyl groups is 1. The predicted octanol–water partition coefficient (Wildman–Crippen LogP) is 2.20. The number of aryl methyl sites for hydroxylation is 1. The van der Waals surface area contributed by atoms with Crippen LogP contribution in [0.25, 0.3) is 11.3 Å². The maximum atomic E-state index is 10.8. The van der Waals surface area contributed by atoms with Crippen LogP contribution in [0.15, 0.2) is 30.5 Å². The zero-order valence-electron chi connectivity index (χ0n) is 13.6. The zero-order chi connectivity index (χ0) is 17.0. The van der Waals surface area contributed by atoms with Gasteiger partial charge in [0.25, 0.3) is 5.69 Å². The van der Waals surface area contributed by atoms with Crippen LogP contribution in [-0.4, -0.2) is 44.4 Å². The van der Waals surface area contributed by atoms with Gasteiger partial charge in [-0.2, -0.15) is 5.10 Å². The second-order valence-electron chi connectivity index (χ2n) is 5.86. The monoisotopic (exact) mass is 318 g/mol. The summed E-state index contributed by atoms with van der Waals surface area (Å²) in [5.74, 6) is 0. The molecule has 0 fully saturated rings. The summed E-state index contributed by atoms with van der Waals surface area (Å²) in [6.45, 7) is 3.26. The highest BCUT2D eigenvalue weighted by atomic mass is 16.6. The maximum absolute atomic E-state index is 10.8. The third kappa shape index (κ3) is 4.61. The lowest BCUT2D eigenvalue weighted by Gasteiger charge is -2.17. The number of rotatable bonds is 7. The highest BCUT2D eigenvalue weighted by Crippen LogP contribution is 2.25. The van der Waals surface area contributed by atoms with Crippen molar-refractivity contribution in [3.8, 4) is 11.3 Å². The van der Waals surface area contributed by atoms with Crippen molar-refractivity contribution in [1.82, 2.24) is 14.7 Å². The molecule has 7 nitrogen and oxygen atoms in total. The van der Waals surface area contributed by atoms with Gasteiger partial charge in [-0.25, -0.2) is 0 Å². The molecule has 0 aliphatic rings. The first-order valence-electron chi connectivity index (χ1n) is 7.50. The summed E-state index contributed by atoms with van der Waals surface area (Å²) < 4.78 is 1.74. The predicted molar refractivity (Wildman–Crippen MR) is 87.9 cm³/mol. The van der Waals surface area contributed by atoms with Gasteiger partial charge in [-0.05, 0) is 32.5 Å². The minimum absolute atomic E-state index is 0.0697. The van der Waals surface area contributed by atoms with Gasteiger partial charge < -0.3 is 10.0 Å². The summed E-state index contributed by atoms with van der Waals surface area (Å²) in [5, 5.41) is 24.6. The first-order chi connectivity index (χ1) is 10.9. The molecule has 1 aromatic carbocycles. The Labute approximate surface area is 135 Å². The Morgan fingerprint density at radius 1 is 1.39 bits per heavy atom. The molecule has 0 bridgehead atoms.